The van der Waals surface area contributed by atoms with Crippen LogP contribution in [0.4, 0.5) is 10.1 Å². The van der Waals surface area contributed by atoms with E-state index in [0.29, 0.717) is 0 Å². The lowest BCUT2D eigenvalue weighted by molar-refractivity contribution is 0.600. The third kappa shape index (κ3) is 2.76. The molecule has 1 aromatic carbocycles. The molecular formula is C15H15FN2O2S. The lowest BCUT2D eigenvalue weighted by Gasteiger charge is -2.16. The van der Waals surface area contributed by atoms with E-state index in [1.54, 1.807) is 6.20 Å². The van der Waals surface area contributed by atoms with Crippen LogP contribution in [0.5, 0.6) is 0 Å². The van der Waals surface area contributed by atoms with Gasteiger partial charge < -0.3 is 5.32 Å². The summed E-state index contributed by atoms with van der Waals surface area (Å²) in [6.45, 7) is 0. The maximum Gasteiger partial charge on any atom is 0.175 e. The first-order valence-corrected chi connectivity index (χ1v) is 8.54. The van der Waals surface area contributed by atoms with Crippen molar-refractivity contribution in [3.05, 3.63) is 53.6 Å². The van der Waals surface area contributed by atoms with Crippen molar-refractivity contribution in [2.45, 2.75) is 23.8 Å². The first-order valence-electron chi connectivity index (χ1n) is 6.65. The van der Waals surface area contributed by atoms with Gasteiger partial charge in [-0.25, -0.2) is 12.8 Å². The summed E-state index contributed by atoms with van der Waals surface area (Å²) in [5.74, 6) is -0.466. The second-order valence-electron chi connectivity index (χ2n) is 5.20. The minimum Gasteiger partial charge on any atom is -0.374 e. The smallest absolute Gasteiger partial charge is 0.175 e. The Hall–Kier alpha value is -1.95. The molecule has 1 aliphatic carbocycles. The predicted molar refractivity (Wildman–Crippen MR) is 78.4 cm³/mol. The lowest BCUT2D eigenvalue weighted by atomic mass is 10.2. The van der Waals surface area contributed by atoms with E-state index in [4.69, 9.17) is 0 Å². The topological polar surface area (TPSA) is 59.1 Å². The highest BCUT2D eigenvalue weighted by Crippen LogP contribution is 2.33. The molecule has 1 atom stereocenters. The van der Waals surface area contributed by atoms with Gasteiger partial charge in [-0.3, -0.25) is 4.98 Å². The van der Waals surface area contributed by atoms with E-state index in [1.165, 1.54) is 18.2 Å². The summed E-state index contributed by atoms with van der Waals surface area (Å²) in [6, 6.07) is 7.58. The lowest BCUT2D eigenvalue weighted by Crippen LogP contribution is -2.10. The quantitative estimate of drug-likeness (QED) is 0.886. The zero-order valence-electron chi connectivity index (χ0n) is 11.5. The Morgan fingerprint density at radius 3 is 2.90 bits per heavy atom. The zero-order valence-corrected chi connectivity index (χ0v) is 12.3. The first kappa shape index (κ1) is 14.0. The maximum absolute atomic E-state index is 13.9. The Morgan fingerprint density at radius 1 is 1.33 bits per heavy atom. The molecule has 0 radical (unpaired) electrons. The molecular weight excluding hydrogens is 291 g/mol. The second kappa shape index (κ2) is 5.11. The van der Waals surface area contributed by atoms with Gasteiger partial charge in [0.15, 0.2) is 9.84 Å². The van der Waals surface area contributed by atoms with E-state index in [9.17, 15) is 12.8 Å². The van der Waals surface area contributed by atoms with E-state index in [1.807, 2.05) is 12.1 Å². The Kier molecular flexibility index (Phi) is 3.41. The van der Waals surface area contributed by atoms with Gasteiger partial charge in [0.2, 0.25) is 0 Å². The van der Waals surface area contributed by atoms with Gasteiger partial charge in [-0.15, -0.1) is 0 Å². The third-order valence-electron chi connectivity index (χ3n) is 3.65. The average molecular weight is 306 g/mol. The normalized spacial score (nSPS) is 17.5. The van der Waals surface area contributed by atoms with Crippen LogP contribution in [-0.4, -0.2) is 19.7 Å². The summed E-state index contributed by atoms with van der Waals surface area (Å²) < 4.78 is 37.0. The molecule has 0 spiro atoms. The number of anilines is 1. The average Bonchev–Trinajstić information content (AvgIpc) is 2.83. The van der Waals surface area contributed by atoms with Crippen molar-refractivity contribution in [2.24, 2.45) is 0 Å². The summed E-state index contributed by atoms with van der Waals surface area (Å²) in [5.41, 5.74) is 2.25. The molecule has 21 heavy (non-hydrogen) atoms. The Morgan fingerprint density at radius 2 is 2.14 bits per heavy atom. The molecule has 110 valence electrons. The first-order chi connectivity index (χ1) is 9.95. The van der Waals surface area contributed by atoms with Gasteiger partial charge >= 0.3 is 0 Å². The fraction of sp³-hybridized carbons (Fsp3) is 0.267. The molecule has 3 rings (SSSR count). The van der Waals surface area contributed by atoms with E-state index in [-0.39, 0.29) is 16.6 Å². The zero-order chi connectivity index (χ0) is 15.0. The number of benzene rings is 1. The summed E-state index contributed by atoms with van der Waals surface area (Å²) in [6.07, 6.45) is 4.52. The number of hydrogen-bond acceptors (Lipinski definition) is 4. The van der Waals surface area contributed by atoms with Crippen molar-refractivity contribution in [3.63, 3.8) is 0 Å². The molecule has 2 aromatic rings. The van der Waals surface area contributed by atoms with Crippen LogP contribution in [0.25, 0.3) is 0 Å². The van der Waals surface area contributed by atoms with E-state index in [0.717, 1.165) is 30.4 Å². The number of hydrogen-bond donors (Lipinski definition) is 1. The number of aromatic nitrogens is 1. The van der Waals surface area contributed by atoms with Crippen molar-refractivity contribution >= 4 is 15.5 Å². The monoisotopic (exact) mass is 306 g/mol. The SMILES string of the molecule is CS(=O)(=O)c1ccc(F)c(NC2CCc3cccnc32)c1. The third-order valence-corrected chi connectivity index (χ3v) is 4.76. The molecule has 1 aromatic heterocycles. The molecule has 0 saturated carbocycles. The highest BCUT2D eigenvalue weighted by atomic mass is 32.2. The number of aryl methyl sites for hydroxylation is 1. The van der Waals surface area contributed by atoms with Crippen molar-refractivity contribution in [1.29, 1.82) is 0 Å². The molecule has 1 aliphatic rings. The minimum atomic E-state index is -3.36. The maximum atomic E-state index is 13.9. The van der Waals surface area contributed by atoms with Gasteiger partial charge in [0.05, 0.1) is 22.3 Å². The largest absolute Gasteiger partial charge is 0.374 e. The number of fused-ring (bicyclic) bond motifs is 1. The van der Waals surface area contributed by atoms with Gasteiger partial charge in [-0.2, -0.15) is 0 Å². The predicted octanol–water partition coefficient (Wildman–Crippen LogP) is 2.72. The van der Waals surface area contributed by atoms with Gasteiger partial charge in [0.1, 0.15) is 5.82 Å². The summed E-state index contributed by atoms with van der Waals surface area (Å²) >= 11 is 0. The Labute approximate surface area is 123 Å². The molecule has 1 unspecified atom stereocenters. The fourth-order valence-electron chi connectivity index (χ4n) is 2.59. The molecule has 0 amide bonds. The summed E-state index contributed by atoms with van der Waals surface area (Å²) in [5, 5.41) is 3.08. The van der Waals surface area contributed by atoms with Crippen molar-refractivity contribution < 1.29 is 12.8 Å². The van der Waals surface area contributed by atoms with E-state index >= 15 is 0 Å². The molecule has 1 heterocycles. The van der Waals surface area contributed by atoms with Crippen LogP contribution in [0.1, 0.15) is 23.7 Å². The number of halogens is 1. The van der Waals surface area contributed by atoms with Gasteiger partial charge in [-0.05, 0) is 42.7 Å². The highest BCUT2D eigenvalue weighted by Gasteiger charge is 2.24. The highest BCUT2D eigenvalue weighted by molar-refractivity contribution is 7.90. The van der Waals surface area contributed by atoms with Crippen LogP contribution in [0.3, 0.4) is 0 Å². The van der Waals surface area contributed by atoms with Crippen molar-refractivity contribution in [3.8, 4) is 0 Å². The molecule has 0 saturated heterocycles. The van der Waals surface area contributed by atoms with Crippen LogP contribution in [-0.2, 0) is 16.3 Å². The summed E-state index contributed by atoms with van der Waals surface area (Å²) in [7, 11) is -3.36. The standard InChI is InChI=1S/C15H15FN2O2S/c1-21(19,20)11-5-6-12(16)14(9-11)18-13-7-4-10-3-2-8-17-15(10)13/h2-3,5-6,8-9,13,18H,4,7H2,1H3. The van der Waals surface area contributed by atoms with Crippen LogP contribution in [0.15, 0.2) is 41.4 Å². The minimum absolute atomic E-state index is 0.0921. The molecule has 1 N–H and O–H groups in total. The Balaban J connectivity index is 1.93. The number of sulfone groups is 1. The number of nitrogens with one attached hydrogen (secondary N) is 1. The van der Waals surface area contributed by atoms with Crippen LogP contribution < -0.4 is 5.32 Å². The summed E-state index contributed by atoms with van der Waals surface area (Å²) in [4.78, 5) is 4.44. The fourth-order valence-corrected chi connectivity index (χ4v) is 3.23. The molecule has 0 aliphatic heterocycles. The van der Waals surface area contributed by atoms with Gasteiger partial charge in [0.25, 0.3) is 0 Å². The van der Waals surface area contributed by atoms with E-state index < -0.39 is 15.7 Å². The van der Waals surface area contributed by atoms with Crippen LogP contribution in [0.2, 0.25) is 0 Å². The van der Waals surface area contributed by atoms with Crippen LogP contribution in [0, 0.1) is 5.82 Å². The van der Waals surface area contributed by atoms with Crippen LogP contribution >= 0.6 is 0 Å². The van der Waals surface area contributed by atoms with Gasteiger partial charge in [-0.1, -0.05) is 6.07 Å². The van der Waals surface area contributed by atoms with Crippen molar-refractivity contribution in [1.82, 2.24) is 4.98 Å². The molecule has 6 heteroatoms. The molecule has 0 fully saturated rings. The number of rotatable bonds is 3. The Bertz CT molecular complexity index is 790. The van der Waals surface area contributed by atoms with E-state index in [2.05, 4.69) is 10.3 Å². The molecule has 4 nitrogen and oxygen atoms in total. The second-order valence-corrected chi connectivity index (χ2v) is 7.21. The number of nitrogens with zero attached hydrogens (tertiary/aromatic N) is 1. The van der Waals surface area contributed by atoms with Gasteiger partial charge in [0, 0.05) is 12.5 Å². The van der Waals surface area contributed by atoms with Crippen molar-refractivity contribution in [2.75, 3.05) is 11.6 Å². The number of pyridine rings is 1. The molecule has 0 bridgehead atoms.